The van der Waals surface area contributed by atoms with Gasteiger partial charge in [0.25, 0.3) is 0 Å². The lowest BCUT2D eigenvalue weighted by atomic mass is 10.1. The summed E-state index contributed by atoms with van der Waals surface area (Å²) in [5, 5.41) is 2.87. The molecule has 3 heterocycles. The van der Waals surface area contributed by atoms with E-state index >= 15 is 0 Å². The molecule has 0 saturated carbocycles. The van der Waals surface area contributed by atoms with Crippen LogP contribution in [-0.2, 0) is 29.2 Å². The van der Waals surface area contributed by atoms with Gasteiger partial charge in [-0.05, 0) is 72.9 Å². The number of hydrogen-bond donors (Lipinski definition) is 1. The van der Waals surface area contributed by atoms with Crippen LogP contribution in [0.3, 0.4) is 0 Å². The van der Waals surface area contributed by atoms with Crippen LogP contribution in [0, 0.1) is 0 Å². The minimum Gasteiger partial charge on any atom is -0.489 e. The Morgan fingerprint density at radius 1 is 0.946 bits per heavy atom. The Morgan fingerprint density at radius 3 is 2.46 bits per heavy atom. The highest BCUT2D eigenvalue weighted by molar-refractivity contribution is 5.94. The van der Waals surface area contributed by atoms with Gasteiger partial charge in [-0.1, -0.05) is 12.1 Å². The van der Waals surface area contributed by atoms with Crippen molar-refractivity contribution in [2.24, 2.45) is 0 Å². The fourth-order valence-corrected chi connectivity index (χ4v) is 4.41. The third-order valence-electron chi connectivity index (χ3n) is 6.40. The molecule has 2 aromatic carbocycles. The van der Waals surface area contributed by atoms with Crippen LogP contribution in [0.4, 0.5) is 5.69 Å². The number of benzene rings is 2. The van der Waals surface area contributed by atoms with Gasteiger partial charge in [0.05, 0.1) is 11.9 Å². The van der Waals surface area contributed by atoms with Crippen LogP contribution < -0.4 is 15.8 Å². The molecule has 2 aromatic heterocycles. The summed E-state index contributed by atoms with van der Waals surface area (Å²) in [4.78, 5) is 43.6. The normalized spacial score (nSPS) is 13.5. The van der Waals surface area contributed by atoms with Crippen molar-refractivity contribution in [2.75, 3.05) is 18.4 Å². The van der Waals surface area contributed by atoms with Gasteiger partial charge in [-0.2, -0.15) is 0 Å². The Balaban J connectivity index is 1.21. The predicted octanol–water partition coefficient (Wildman–Crippen LogP) is 3.76. The van der Waals surface area contributed by atoms with E-state index in [-0.39, 0.29) is 24.8 Å². The van der Waals surface area contributed by atoms with Crippen molar-refractivity contribution in [3.63, 3.8) is 0 Å². The van der Waals surface area contributed by atoms with Gasteiger partial charge >= 0.3 is 5.76 Å². The summed E-state index contributed by atoms with van der Waals surface area (Å²) in [6, 6.07) is 16.1. The molecule has 2 amide bonds. The first-order valence-electron chi connectivity index (χ1n) is 12.4. The molecular formula is C28H28N4O5. The summed E-state index contributed by atoms with van der Waals surface area (Å²) in [6.07, 6.45) is 6.69. The lowest BCUT2D eigenvalue weighted by molar-refractivity contribution is -0.132. The molecular weight excluding hydrogens is 472 g/mol. The Labute approximate surface area is 213 Å². The maximum atomic E-state index is 12.7. The second kappa shape index (κ2) is 11.1. The number of nitrogens with one attached hydrogen (secondary N) is 1. The van der Waals surface area contributed by atoms with E-state index in [1.54, 1.807) is 35.5 Å². The van der Waals surface area contributed by atoms with Gasteiger partial charge in [-0.3, -0.25) is 19.1 Å². The number of piperidine rings is 1. The Hall–Kier alpha value is -4.40. The minimum atomic E-state index is -0.588. The van der Waals surface area contributed by atoms with Crippen molar-refractivity contribution in [2.45, 2.75) is 38.8 Å². The van der Waals surface area contributed by atoms with Gasteiger partial charge < -0.3 is 19.4 Å². The summed E-state index contributed by atoms with van der Waals surface area (Å²) in [5.74, 6) is -0.183. The highest BCUT2D eigenvalue weighted by Crippen LogP contribution is 2.20. The molecule has 1 saturated heterocycles. The molecule has 0 bridgehead atoms. The lowest BCUT2D eigenvalue weighted by Gasteiger charge is -2.26. The zero-order valence-electron chi connectivity index (χ0n) is 20.4. The van der Waals surface area contributed by atoms with Gasteiger partial charge in [0, 0.05) is 31.2 Å². The van der Waals surface area contributed by atoms with Crippen molar-refractivity contribution in [1.29, 1.82) is 0 Å². The largest absolute Gasteiger partial charge is 0.489 e. The first kappa shape index (κ1) is 24.3. The second-order valence-electron chi connectivity index (χ2n) is 9.09. The monoisotopic (exact) mass is 500 g/mol. The zero-order chi connectivity index (χ0) is 25.6. The molecule has 9 heteroatoms. The maximum Gasteiger partial charge on any atom is 0.420 e. The molecule has 0 atom stereocenters. The van der Waals surface area contributed by atoms with Crippen LogP contribution in [0.2, 0.25) is 0 Å². The molecule has 1 fully saturated rings. The van der Waals surface area contributed by atoms with Crippen LogP contribution >= 0.6 is 0 Å². The number of nitrogens with zero attached hydrogens (tertiary/aromatic N) is 3. The smallest absolute Gasteiger partial charge is 0.420 e. The van der Waals surface area contributed by atoms with Crippen molar-refractivity contribution >= 4 is 28.6 Å². The molecule has 0 radical (unpaired) electrons. The Kier molecular flexibility index (Phi) is 7.30. The summed E-state index contributed by atoms with van der Waals surface area (Å²) in [6.45, 7) is 1.78. The molecule has 0 aliphatic carbocycles. The average molecular weight is 501 g/mol. The third-order valence-corrected chi connectivity index (χ3v) is 6.40. The van der Waals surface area contributed by atoms with E-state index in [4.69, 9.17) is 9.15 Å². The molecule has 5 rings (SSSR count). The fraction of sp³-hybridized carbons (Fsp3) is 0.286. The zero-order valence-corrected chi connectivity index (χ0v) is 20.4. The number of aromatic nitrogens is 2. The van der Waals surface area contributed by atoms with Gasteiger partial charge in [-0.15, -0.1) is 0 Å². The van der Waals surface area contributed by atoms with Gasteiger partial charge in [0.15, 0.2) is 5.58 Å². The number of rotatable bonds is 8. The van der Waals surface area contributed by atoms with Crippen LogP contribution in [0.5, 0.6) is 5.75 Å². The number of carbonyl (C=O) groups excluding carboxylic acids is 2. The van der Waals surface area contributed by atoms with Crippen molar-refractivity contribution in [3.05, 3.63) is 88.7 Å². The Morgan fingerprint density at radius 2 is 1.70 bits per heavy atom. The number of hydrogen-bond acceptors (Lipinski definition) is 6. The van der Waals surface area contributed by atoms with E-state index < -0.39 is 5.76 Å². The van der Waals surface area contributed by atoms with Crippen LogP contribution in [0.15, 0.2) is 76.2 Å². The van der Waals surface area contributed by atoms with E-state index in [1.807, 2.05) is 36.4 Å². The number of anilines is 1. The van der Waals surface area contributed by atoms with Gasteiger partial charge in [-0.25, -0.2) is 4.79 Å². The quantitative estimate of drug-likeness (QED) is 0.395. The van der Waals surface area contributed by atoms with E-state index in [0.29, 0.717) is 42.2 Å². The molecule has 1 aliphatic rings. The number of oxazole rings is 1. The van der Waals surface area contributed by atoms with Crippen LogP contribution in [0.25, 0.3) is 11.1 Å². The van der Waals surface area contributed by atoms with Crippen LogP contribution in [0.1, 0.15) is 30.4 Å². The number of pyridine rings is 1. The number of carbonyl (C=O) groups is 2. The second-order valence-corrected chi connectivity index (χ2v) is 9.09. The number of likely N-dealkylation sites (tertiary alicyclic amines) is 1. The van der Waals surface area contributed by atoms with Crippen molar-refractivity contribution in [1.82, 2.24) is 14.5 Å². The molecule has 0 spiro atoms. The van der Waals surface area contributed by atoms with Crippen molar-refractivity contribution in [3.8, 4) is 5.75 Å². The van der Waals surface area contributed by atoms with Gasteiger partial charge in [0.1, 0.15) is 18.9 Å². The van der Waals surface area contributed by atoms with Gasteiger partial charge in [0.2, 0.25) is 11.8 Å². The summed E-state index contributed by atoms with van der Waals surface area (Å²) < 4.78 is 12.4. The van der Waals surface area contributed by atoms with Crippen LogP contribution in [-0.4, -0.2) is 39.4 Å². The summed E-state index contributed by atoms with van der Waals surface area (Å²) >= 11 is 0. The number of fused-ring (bicyclic) bond motifs is 1. The lowest BCUT2D eigenvalue weighted by Crippen LogP contribution is -2.39. The highest BCUT2D eigenvalue weighted by Gasteiger charge is 2.20. The minimum absolute atomic E-state index is 0.0845. The Bertz CT molecular complexity index is 1440. The van der Waals surface area contributed by atoms with E-state index in [9.17, 15) is 14.4 Å². The SMILES string of the molecule is O=C(Cc1ccc(OCc2ccncc2)cc1)Nc1ccc2oc(=O)n(CC(=O)N3CCCCC3)c2c1. The molecule has 1 aliphatic heterocycles. The van der Waals surface area contributed by atoms with E-state index in [0.717, 1.165) is 30.4 Å². The highest BCUT2D eigenvalue weighted by atomic mass is 16.5. The first-order chi connectivity index (χ1) is 18.0. The number of ether oxygens (including phenoxy) is 1. The predicted molar refractivity (Wildman–Crippen MR) is 138 cm³/mol. The molecule has 9 nitrogen and oxygen atoms in total. The molecule has 0 unspecified atom stereocenters. The fourth-order valence-electron chi connectivity index (χ4n) is 4.41. The number of amides is 2. The third kappa shape index (κ3) is 6.06. The maximum absolute atomic E-state index is 12.7. The molecule has 1 N–H and O–H groups in total. The van der Waals surface area contributed by atoms with E-state index in [2.05, 4.69) is 10.3 Å². The first-order valence-corrected chi connectivity index (χ1v) is 12.4. The average Bonchev–Trinajstić information content (AvgIpc) is 3.23. The standard InChI is InChI=1S/C28H28N4O5/c33-26(16-20-4-7-23(8-5-20)36-19-21-10-12-29-13-11-21)30-22-6-9-25-24(17-22)32(28(35)37-25)18-27(34)31-14-2-1-3-15-31/h4-13,17H,1-3,14-16,18-19H2,(H,30,33). The topological polar surface area (TPSA) is 107 Å². The van der Waals surface area contributed by atoms with Crippen molar-refractivity contribution < 1.29 is 18.7 Å². The molecule has 190 valence electrons. The molecule has 4 aromatic rings. The summed E-state index contributed by atoms with van der Waals surface area (Å²) in [5.41, 5.74) is 3.23. The summed E-state index contributed by atoms with van der Waals surface area (Å²) in [7, 11) is 0. The van der Waals surface area contributed by atoms with E-state index in [1.165, 1.54) is 4.57 Å². The molecule has 37 heavy (non-hydrogen) atoms.